The van der Waals surface area contributed by atoms with E-state index in [4.69, 9.17) is 4.98 Å². The maximum absolute atomic E-state index is 13.4. The molecule has 0 unspecified atom stereocenters. The molecule has 0 saturated carbocycles. The van der Waals surface area contributed by atoms with E-state index in [1.54, 1.807) is 0 Å². The number of hydrogen-bond acceptors (Lipinski definition) is 8. The summed E-state index contributed by atoms with van der Waals surface area (Å²) in [6.07, 6.45) is 0.771. The first-order valence-corrected chi connectivity index (χ1v) is 13.8. The number of benzene rings is 3. The van der Waals surface area contributed by atoms with Crippen molar-refractivity contribution in [2.45, 2.75) is 19.6 Å². The average Bonchev–Trinajstić information content (AvgIpc) is 3.57. The van der Waals surface area contributed by atoms with E-state index in [0.29, 0.717) is 22.9 Å². The van der Waals surface area contributed by atoms with Crippen molar-refractivity contribution in [1.82, 2.24) is 9.97 Å². The van der Waals surface area contributed by atoms with Gasteiger partial charge in [-0.25, -0.2) is 9.97 Å². The number of carbonyl (C=O) groups is 1. The predicted octanol–water partition coefficient (Wildman–Crippen LogP) is 6.26. The van der Waals surface area contributed by atoms with E-state index in [2.05, 4.69) is 27.8 Å². The smallest absolute Gasteiger partial charge is 0.257 e. The third-order valence-corrected chi connectivity index (χ3v) is 8.71. The highest BCUT2D eigenvalue weighted by atomic mass is 32.1. The molecular formula is C29H24N4O3S2. The number of carbonyl (C=O) groups excluding carboxylic acids is 1. The van der Waals surface area contributed by atoms with Gasteiger partial charge in [-0.2, -0.15) is 0 Å². The molecule has 190 valence electrons. The van der Waals surface area contributed by atoms with E-state index in [9.17, 15) is 15.0 Å². The van der Waals surface area contributed by atoms with Gasteiger partial charge in [0.1, 0.15) is 11.5 Å². The van der Waals surface area contributed by atoms with Crippen molar-refractivity contribution in [3.63, 3.8) is 0 Å². The standard InChI is InChI=1S/C29H24N4O3S2/c1-17(35)25-26(20-11-9-18(16-34)10-12-20)38-29(31-25)33-14-13-19-5-4-6-21(22(19)15-33)27(36)32-28-30-23-7-2-3-8-24(23)37-28/h2-12,34-35H,1,13-16H2,(H,30,32,36). The van der Waals surface area contributed by atoms with Crippen LogP contribution in [0.3, 0.4) is 0 Å². The lowest BCUT2D eigenvalue weighted by Crippen LogP contribution is -2.32. The van der Waals surface area contributed by atoms with Gasteiger partial charge in [-0.3, -0.25) is 10.1 Å². The number of hydrogen-bond donors (Lipinski definition) is 3. The second kappa shape index (κ2) is 10.0. The van der Waals surface area contributed by atoms with E-state index in [0.717, 1.165) is 55.4 Å². The van der Waals surface area contributed by atoms with Crippen LogP contribution in [0.15, 0.2) is 73.3 Å². The molecule has 1 aliphatic rings. The van der Waals surface area contributed by atoms with Crippen LogP contribution in [-0.4, -0.2) is 32.6 Å². The maximum Gasteiger partial charge on any atom is 0.257 e. The maximum atomic E-state index is 13.4. The Morgan fingerprint density at radius 3 is 2.61 bits per heavy atom. The number of nitrogens with zero attached hydrogens (tertiary/aromatic N) is 3. The van der Waals surface area contributed by atoms with Crippen LogP contribution in [0.25, 0.3) is 26.4 Å². The van der Waals surface area contributed by atoms with Crippen LogP contribution in [0.5, 0.6) is 0 Å². The fourth-order valence-electron chi connectivity index (χ4n) is 4.64. The molecule has 3 heterocycles. The molecule has 1 amide bonds. The number of rotatable bonds is 6. The molecule has 38 heavy (non-hydrogen) atoms. The molecule has 0 saturated heterocycles. The minimum absolute atomic E-state index is 0.0319. The lowest BCUT2D eigenvalue weighted by molar-refractivity contribution is 0.102. The summed E-state index contributed by atoms with van der Waals surface area (Å²) >= 11 is 2.93. The van der Waals surface area contributed by atoms with Gasteiger partial charge in [0, 0.05) is 18.7 Å². The molecule has 9 heteroatoms. The van der Waals surface area contributed by atoms with Crippen molar-refractivity contribution in [3.8, 4) is 10.4 Å². The minimum atomic E-state index is -0.184. The van der Waals surface area contributed by atoms with Gasteiger partial charge >= 0.3 is 0 Å². The van der Waals surface area contributed by atoms with Gasteiger partial charge < -0.3 is 15.1 Å². The number of nitrogens with one attached hydrogen (secondary N) is 1. The highest BCUT2D eigenvalue weighted by Gasteiger charge is 2.26. The predicted molar refractivity (Wildman–Crippen MR) is 154 cm³/mol. The zero-order valence-corrected chi connectivity index (χ0v) is 22.0. The third kappa shape index (κ3) is 4.56. The number of aliphatic hydroxyl groups is 2. The number of aliphatic hydroxyl groups excluding tert-OH is 2. The highest BCUT2D eigenvalue weighted by Crippen LogP contribution is 2.39. The summed E-state index contributed by atoms with van der Waals surface area (Å²) in [5.41, 5.74) is 5.73. The van der Waals surface area contributed by atoms with Gasteiger partial charge in [0.05, 0.1) is 21.7 Å². The quantitative estimate of drug-likeness (QED) is 0.220. The number of para-hydroxylation sites is 1. The second-order valence-electron chi connectivity index (χ2n) is 9.03. The number of aromatic nitrogens is 2. The van der Waals surface area contributed by atoms with Crippen molar-refractivity contribution >= 4 is 54.8 Å². The summed E-state index contributed by atoms with van der Waals surface area (Å²) in [5, 5.41) is 24.0. The third-order valence-electron chi connectivity index (χ3n) is 6.59. The van der Waals surface area contributed by atoms with Crippen LogP contribution >= 0.6 is 22.7 Å². The van der Waals surface area contributed by atoms with Gasteiger partial charge in [-0.05, 0) is 46.9 Å². The number of thiazole rings is 2. The van der Waals surface area contributed by atoms with Gasteiger partial charge in [-0.15, -0.1) is 0 Å². The molecule has 0 atom stereocenters. The Kier molecular flexibility index (Phi) is 6.40. The average molecular weight is 541 g/mol. The molecule has 6 rings (SSSR count). The SMILES string of the molecule is C=C(O)c1nc(N2CCc3cccc(C(=O)Nc4nc5ccccc5s4)c3C2)sc1-c1ccc(CO)cc1. The molecule has 0 fully saturated rings. The van der Waals surface area contributed by atoms with Crippen molar-refractivity contribution in [2.75, 3.05) is 16.8 Å². The molecule has 2 aromatic heterocycles. The van der Waals surface area contributed by atoms with E-state index >= 15 is 0 Å². The number of fused-ring (bicyclic) bond motifs is 2. The van der Waals surface area contributed by atoms with E-state index < -0.39 is 0 Å². The Bertz CT molecular complexity index is 1640. The summed E-state index contributed by atoms with van der Waals surface area (Å²) in [4.78, 5) is 25.6. The van der Waals surface area contributed by atoms with Crippen LogP contribution < -0.4 is 10.2 Å². The zero-order valence-electron chi connectivity index (χ0n) is 20.3. The molecule has 3 N–H and O–H groups in total. The second-order valence-corrected chi connectivity index (χ2v) is 11.0. The fourth-order valence-corrected chi connectivity index (χ4v) is 6.62. The summed E-state index contributed by atoms with van der Waals surface area (Å²) in [7, 11) is 0. The van der Waals surface area contributed by atoms with Crippen LogP contribution in [0.1, 0.15) is 32.7 Å². The van der Waals surface area contributed by atoms with Crippen molar-refractivity contribution < 1.29 is 15.0 Å². The molecule has 7 nitrogen and oxygen atoms in total. The lowest BCUT2D eigenvalue weighted by atomic mass is 9.94. The van der Waals surface area contributed by atoms with Crippen LogP contribution in [-0.2, 0) is 19.6 Å². The van der Waals surface area contributed by atoms with Gasteiger partial charge in [-0.1, -0.05) is 77.8 Å². The Morgan fingerprint density at radius 1 is 1.03 bits per heavy atom. The Labute approximate surface area is 227 Å². The number of amides is 1. The van der Waals surface area contributed by atoms with Crippen LogP contribution in [0.2, 0.25) is 0 Å². The van der Waals surface area contributed by atoms with Crippen LogP contribution in [0, 0.1) is 0 Å². The summed E-state index contributed by atoms with van der Waals surface area (Å²) in [6, 6.07) is 21.2. The van der Waals surface area contributed by atoms with Crippen molar-refractivity contribution in [2.24, 2.45) is 0 Å². The highest BCUT2D eigenvalue weighted by molar-refractivity contribution is 7.22. The lowest BCUT2D eigenvalue weighted by Gasteiger charge is -2.29. The van der Waals surface area contributed by atoms with Gasteiger partial charge in [0.2, 0.25) is 0 Å². The van der Waals surface area contributed by atoms with Crippen LogP contribution in [0.4, 0.5) is 10.3 Å². The first kappa shape index (κ1) is 24.3. The van der Waals surface area contributed by atoms with Gasteiger partial charge in [0.15, 0.2) is 10.3 Å². The first-order chi connectivity index (χ1) is 18.5. The topological polar surface area (TPSA) is 98.6 Å². The minimum Gasteiger partial charge on any atom is -0.506 e. The van der Waals surface area contributed by atoms with Gasteiger partial charge in [0.25, 0.3) is 5.91 Å². The molecule has 5 aromatic rings. The molecule has 1 aliphatic heterocycles. The van der Waals surface area contributed by atoms with E-state index in [1.165, 1.54) is 22.7 Å². The molecule has 0 radical (unpaired) electrons. The monoisotopic (exact) mass is 540 g/mol. The molecule has 3 aromatic carbocycles. The molecule has 0 spiro atoms. The summed E-state index contributed by atoms with van der Waals surface area (Å²) in [5.74, 6) is -0.280. The van der Waals surface area contributed by atoms with E-state index in [1.807, 2.05) is 60.7 Å². The zero-order chi connectivity index (χ0) is 26.2. The van der Waals surface area contributed by atoms with Crippen molar-refractivity contribution in [1.29, 1.82) is 0 Å². The fraction of sp³-hybridized carbons (Fsp3) is 0.138. The largest absolute Gasteiger partial charge is 0.506 e. The summed E-state index contributed by atoms with van der Waals surface area (Å²) < 4.78 is 1.02. The first-order valence-electron chi connectivity index (χ1n) is 12.1. The Balaban J connectivity index is 1.29. The number of anilines is 2. The van der Waals surface area contributed by atoms with Crippen molar-refractivity contribution in [3.05, 3.63) is 101 Å². The van der Waals surface area contributed by atoms with E-state index in [-0.39, 0.29) is 18.3 Å². The molecule has 0 aliphatic carbocycles. The molecule has 0 bridgehead atoms. The normalized spacial score (nSPS) is 12.9. The molecular weight excluding hydrogens is 516 g/mol. The summed E-state index contributed by atoms with van der Waals surface area (Å²) in [6.45, 7) is 4.94. The Morgan fingerprint density at radius 2 is 1.84 bits per heavy atom. The Hall–Kier alpha value is -4.05.